The topological polar surface area (TPSA) is 101 Å². The van der Waals surface area contributed by atoms with Gasteiger partial charge in [-0.2, -0.15) is 0 Å². The number of pyridine rings is 1. The third-order valence-electron chi connectivity index (χ3n) is 5.92. The van der Waals surface area contributed by atoms with Gasteiger partial charge in [-0.15, -0.1) is 0 Å². The molecule has 0 unspecified atom stereocenters. The van der Waals surface area contributed by atoms with Crippen LogP contribution in [-0.4, -0.2) is 34.6 Å². The monoisotopic (exact) mass is 473 g/mol. The molecule has 1 saturated carbocycles. The molecule has 0 amide bonds. The van der Waals surface area contributed by atoms with Crippen LogP contribution in [0.4, 0.5) is 4.39 Å². The Morgan fingerprint density at radius 2 is 1.88 bits per heavy atom. The number of rotatable bonds is 5. The second-order valence-corrected chi connectivity index (χ2v) is 11.4. The van der Waals surface area contributed by atoms with E-state index in [0.29, 0.717) is 27.9 Å². The summed E-state index contributed by atoms with van der Waals surface area (Å²) in [4.78, 5) is 16.7. The van der Waals surface area contributed by atoms with Crippen molar-refractivity contribution in [2.75, 3.05) is 0 Å². The van der Waals surface area contributed by atoms with Crippen LogP contribution in [0.5, 0.6) is 0 Å². The van der Waals surface area contributed by atoms with Crippen molar-refractivity contribution in [1.29, 1.82) is 0 Å². The van der Waals surface area contributed by atoms with E-state index in [1.165, 1.54) is 24.4 Å². The molecule has 1 aliphatic rings. The van der Waals surface area contributed by atoms with E-state index in [1.54, 1.807) is 33.8 Å². The fourth-order valence-corrected chi connectivity index (χ4v) is 5.95. The number of hydrogen-bond donors (Lipinski definition) is 2. The zero-order valence-corrected chi connectivity index (χ0v) is 20.0. The summed E-state index contributed by atoms with van der Waals surface area (Å²) < 4.78 is 44.3. The van der Waals surface area contributed by atoms with Gasteiger partial charge >= 0.3 is 5.97 Å². The Balaban J connectivity index is 1.94. The molecule has 1 aliphatic carbocycles. The Morgan fingerprint density at radius 3 is 2.42 bits per heavy atom. The predicted octanol–water partition coefficient (Wildman–Crippen LogP) is 5.04. The van der Waals surface area contributed by atoms with Crippen molar-refractivity contribution in [3.8, 4) is 11.4 Å². The van der Waals surface area contributed by atoms with Gasteiger partial charge in [-0.05, 0) is 70.4 Å². The van der Waals surface area contributed by atoms with E-state index < -0.39 is 27.3 Å². The molecule has 176 valence electrons. The molecule has 9 heteroatoms. The summed E-state index contributed by atoms with van der Waals surface area (Å²) >= 11 is 0. The SMILES string of the molecule is Cc1cc2c(cc1F)c(C(=O)O)c(-c1ccc(S(=O)(=O)NC(C)(C)C)cn1)n2C1CCCC1. The van der Waals surface area contributed by atoms with Crippen molar-refractivity contribution >= 4 is 26.9 Å². The van der Waals surface area contributed by atoms with Crippen molar-refractivity contribution < 1.29 is 22.7 Å². The van der Waals surface area contributed by atoms with Crippen LogP contribution < -0.4 is 4.72 Å². The Bertz CT molecular complexity index is 1330. The number of nitrogens with one attached hydrogen (secondary N) is 1. The molecule has 0 aliphatic heterocycles. The minimum absolute atomic E-state index is 0.0107. The lowest BCUT2D eigenvalue weighted by molar-refractivity contribution is 0.0699. The van der Waals surface area contributed by atoms with Gasteiger partial charge in [0.25, 0.3) is 0 Å². The smallest absolute Gasteiger partial charge is 0.338 e. The first-order valence-corrected chi connectivity index (χ1v) is 12.4. The Labute approximate surface area is 192 Å². The number of carbonyl (C=O) groups is 1. The number of aryl methyl sites for hydroxylation is 1. The molecular weight excluding hydrogens is 445 g/mol. The molecule has 0 saturated heterocycles. The van der Waals surface area contributed by atoms with Gasteiger partial charge in [0.15, 0.2) is 0 Å². The van der Waals surface area contributed by atoms with E-state index in [4.69, 9.17) is 0 Å². The number of fused-ring (bicyclic) bond motifs is 1. The Hall–Kier alpha value is -2.78. The highest BCUT2D eigenvalue weighted by Gasteiger charge is 2.30. The minimum Gasteiger partial charge on any atom is -0.478 e. The highest BCUT2D eigenvalue weighted by Crippen LogP contribution is 2.41. The van der Waals surface area contributed by atoms with Gasteiger partial charge in [-0.3, -0.25) is 4.98 Å². The van der Waals surface area contributed by atoms with Crippen molar-refractivity contribution in [1.82, 2.24) is 14.3 Å². The molecule has 1 aromatic carbocycles. The summed E-state index contributed by atoms with van der Waals surface area (Å²) in [6, 6.07) is 5.96. The number of sulfonamides is 1. The number of nitrogens with zero attached hydrogens (tertiary/aromatic N) is 2. The number of halogens is 1. The quantitative estimate of drug-likeness (QED) is 0.541. The third-order valence-corrected chi connectivity index (χ3v) is 7.66. The van der Waals surface area contributed by atoms with E-state index >= 15 is 0 Å². The van der Waals surface area contributed by atoms with Crippen molar-refractivity contribution in [2.24, 2.45) is 0 Å². The molecule has 7 nitrogen and oxygen atoms in total. The van der Waals surface area contributed by atoms with Crippen LogP contribution >= 0.6 is 0 Å². The number of aromatic nitrogens is 2. The highest BCUT2D eigenvalue weighted by molar-refractivity contribution is 7.89. The maximum absolute atomic E-state index is 14.4. The van der Waals surface area contributed by atoms with Gasteiger partial charge in [0.2, 0.25) is 10.0 Å². The number of hydrogen-bond acceptors (Lipinski definition) is 4. The van der Waals surface area contributed by atoms with Crippen LogP contribution in [0, 0.1) is 12.7 Å². The standard InChI is InChI=1S/C24H28FN3O4S/c1-14-11-20-17(12-18(14)25)21(23(29)30)22(28(20)15-7-5-6-8-15)19-10-9-16(13-26-19)33(31,32)27-24(2,3)4/h9-13,15,27H,5-8H2,1-4H3,(H,29,30). The second-order valence-electron chi connectivity index (χ2n) is 9.69. The summed E-state index contributed by atoms with van der Waals surface area (Å²) in [6.07, 6.45) is 5.05. The molecule has 0 radical (unpaired) electrons. The molecule has 4 rings (SSSR count). The van der Waals surface area contributed by atoms with E-state index in [2.05, 4.69) is 9.71 Å². The number of carboxylic acid groups (broad SMARTS) is 1. The Morgan fingerprint density at radius 1 is 1.21 bits per heavy atom. The largest absolute Gasteiger partial charge is 0.478 e. The van der Waals surface area contributed by atoms with Gasteiger partial charge in [-0.1, -0.05) is 12.8 Å². The van der Waals surface area contributed by atoms with E-state index in [0.717, 1.165) is 25.7 Å². The second kappa shape index (κ2) is 8.22. The number of aromatic carboxylic acids is 1. The fourth-order valence-electron chi connectivity index (χ4n) is 4.59. The Kier molecular flexibility index (Phi) is 5.82. The summed E-state index contributed by atoms with van der Waals surface area (Å²) in [5.74, 6) is -1.65. The summed E-state index contributed by atoms with van der Waals surface area (Å²) in [6.45, 7) is 6.88. The molecule has 33 heavy (non-hydrogen) atoms. The van der Waals surface area contributed by atoms with Crippen LogP contribution in [0.2, 0.25) is 0 Å². The number of benzene rings is 1. The summed E-state index contributed by atoms with van der Waals surface area (Å²) in [5.41, 5.74) is 1.12. The molecule has 3 aromatic rings. The van der Waals surface area contributed by atoms with Gasteiger partial charge in [-0.25, -0.2) is 22.3 Å². The van der Waals surface area contributed by atoms with Crippen LogP contribution in [0.15, 0.2) is 35.4 Å². The molecular formula is C24H28FN3O4S. The van der Waals surface area contributed by atoms with Gasteiger partial charge in [0.1, 0.15) is 10.7 Å². The maximum atomic E-state index is 14.4. The molecule has 2 heterocycles. The molecule has 0 bridgehead atoms. The normalized spacial score (nSPS) is 15.4. The average molecular weight is 474 g/mol. The third kappa shape index (κ3) is 4.39. The lowest BCUT2D eigenvalue weighted by atomic mass is 10.1. The first-order chi connectivity index (χ1) is 15.4. The molecule has 1 fully saturated rings. The molecule has 0 spiro atoms. The predicted molar refractivity (Wildman–Crippen MR) is 124 cm³/mol. The average Bonchev–Trinajstić information content (AvgIpc) is 3.32. The van der Waals surface area contributed by atoms with E-state index in [-0.39, 0.29) is 16.5 Å². The molecule has 0 atom stereocenters. The zero-order chi connectivity index (χ0) is 24.1. The molecule has 2 aromatic heterocycles. The summed E-state index contributed by atoms with van der Waals surface area (Å²) in [5, 5.41) is 10.4. The van der Waals surface area contributed by atoms with E-state index in [9.17, 15) is 22.7 Å². The van der Waals surface area contributed by atoms with Crippen LogP contribution in [-0.2, 0) is 10.0 Å². The van der Waals surface area contributed by atoms with Crippen LogP contribution in [0.3, 0.4) is 0 Å². The maximum Gasteiger partial charge on any atom is 0.338 e. The van der Waals surface area contributed by atoms with Crippen LogP contribution in [0.1, 0.15) is 68.4 Å². The molecule has 2 N–H and O–H groups in total. The van der Waals surface area contributed by atoms with Crippen molar-refractivity contribution in [3.63, 3.8) is 0 Å². The minimum atomic E-state index is -3.79. The van der Waals surface area contributed by atoms with Gasteiger partial charge < -0.3 is 9.67 Å². The van der Waals surface area contributed by atoms with Gasteiger partial charge in [0, 0.05) is 23.2 Å². The van der Waals surface area contributed by atoms with Crippen molar-refractivity contribution in [3.05, 3.63) is 47.4 Å². The van der Waals surface area contributed by atoms with E-state index in [1.807, 2.05) is 4.57 Å². The lowest BCUT2D eigenvalue weighted by Crippen LogP contribution is -2.40. The first kappa shape index (κ1) is 23.4. The van der Waals surface area contributed by atoms with Crippen LogP contribution in [0.25, 0.3) is 22.3 Å². The number of carboxylic acids is 1. The highest BCUT2D eigenvalue weighted by atomic mass is 32.2. The first-order valence-electron chi connectivity index (χ1n) is 11.0. The summed E-state index contributed by atoms with van der Waals surface area (Å²) in [7, 11) is -3.79. The zero-order valence-electron chi connectivity index (χ0n) is 19.1. The lowest BCUT2D eigenvalue weighted by Gasteiger charge is -2.20. The van der Waals surface area contributed by atoms with Gasteiger partial charge in [0.05, 0.1) is 22.5 Å². The fraction of sp³-hybridized carbons (Fsp3) is 0.417. The van der Waals surface area contributed by atoms with Crippen molar-refractivity contribution in [2.45, 2.75) is 69.9 Å².